The van der Waals surface area contributed by atoms with Gasteiger partial charge in [0.15, 0.2) is 6.61 Å². The van der Waals surface area contributed by atoms with Crippen LogP contribution in [0.2, 0.25) is 5.02 Å². The van der Waals surface area contributed by atoms with E-state index < -0.39 is 35.6 Å². The molecule has 29 heavy (non-hydrogen) atoms. The second-order valence-corrected chi connectivity index (χ2v) is 7.76. The maximum atomic E-state index is 13.2. The van der Waals surface area contributed by atoms with E-state index >= 15 is 0 Å². The first kappa shape index (κ1) is 22.7. The number of rotatable bonds is 5. The number of carbonyl (C=O) groups excluding carboxylic acids is 2. The number of hydrogen-bond donors (Lipinski definition) is 2. The van der Waals surface area contributed by atoms with Crippen LogP contribution in [0, 0.1) is 0 Å². The van der Waals surface area contributed by atoms with Crippen LogP contribution in [0.3, 0.4) is 0 Å². The van der Waals surface area contributed by atoms with Crippen molar-refractivity contribution in [1.82, 2.24) is 5.48 Å². The van der Waals surface area contributed by atoms with Crippen LogP contribution in [0.25, 0.3) is 0 Å². The molecule has 0 atom stereocenters. The van der Waals surface area contributed by atoms with Crippen LogP contribution in [-0.4, -0.2) is 18.4 Å². The molecule has 0 aliphatic carbocycles. The molecule has 5 nitrogen and oxygen atoms in total. The summed E-state index contributed by atoms with van der Waals surface area (Å²) in [5, 5.41) is 3.02. The highest BCUT2D eigenvalue weighted by atomic mass is 35.5. The Morgan fingerprint density at radius 1 is 1.00 bits per heavy atom. The average molecular weight is 429 g/mol. The topological polar surface area (TPSA) is 67.4 Å². The zero-order chi connectivity index (χ0) is 21.8. The van der Waals surface area contributed by atoms with Crippen molar-refractivity contribution in [2.45, 2.75) is 32.4 Å². The van der Waals surface area contributed by atoms with Gasteiger partial charge in [-0.2, -0.15) is 13.2 Å². The van der Waals surface area contributed by atoms with Gasteiger partial charge in [-0.3, -0.25) is 14.4 Å². The van der Waals surface area contributed by atoms with Gasteiger partial charge in [0.25, 0.3) is 11.8 Å². The number of halogens is 4. The molecule has 156 valence electrons. The molecule has 9 heteroatoms. The van der Waals surface area contributed by atoms with E-state index in [4.69, 9.17) is 16.4 Å². The summed E-state index contributed by atoms with van der Waals surface area (Å²) >= 11 is 5.75. The van der Waals surface area contributed by atoms with E-state index in [9.17, 15) is 22.8 Å². The fraction of sp³-hybridized carbons (Fsp3) is 0.300. The summed E-state index contributed by atoms with van der Waals surface area (Å²) in [6.07, 6.45) is -4.60. The standard InChI is InChI=1S/C20H20ClF3N2O3/c1-19(2,3)13-8-12(9-14(10-13)20(22,23)24)18(28)26-29-11-17(27)25-16-6-4-15(21)5-7-16/h4-10H,11H2,1-3H3,(H,25,27)(H,26,28). The van der Waals surface area contributed by atoms with Gasteiger partial charge in [-0.05, 0) is 53.4 Å². The fourth-order valence-electron chi connectivity index (χ4n) is 2.31. The Morgan fingerprint density at radius 3 is 2.14 bits per heavy atom. The Morgan fingerprint density at radius 2 is 1.59 bits per heavy atom. The summed E-state index contributed by atoms with van der Waals surface area (Å²) in [7, 11) is 0. The van der Waals surface area contributed by atoms with Gasteiger partial charge in [0.2, 0.25) is 0 Å². The highest BCUT2D eigenvalue weighted by Crippen LogP contribution is 2.33. The minimum Gasteiger partial charge on any atom is -0.324 e. The predicted octanol–water partition coefficient (Wildman–Crippen LogP) is 4.96. The van der Waals surface area contributed by atoms with Gasteiger partial charge in [-0.15, -0.1) is 0 Å². The molecular weight excluding hydrogens is 409 g/mol. The quantitative estimate of drug-likeness (QED) is 0.662. The molecule has 0 aliphatic rings. The summed E-state index contributed by atoms with van der Waals surface area (Å²) < 4.78 is 39.5. The molecule has 2 aromatic rings. The summed E-state index contributed by atoms with van der Waals surface area (Å²) in [5.41, 5.74) is 1.06. The second kappa shape index (κ2) is 8.84. The van der Waals surface area contributed by atoms with Gasteiger partial charge in [-0.25, -0.2) is 5.48 Å². The Kier molecular flexibility index (Phi) is 6.92. The van der Waals surface area contributed by atoms with E-state index in [1.54, 1.807) is 45.0 Å². The summed E-state index contributed by atoms with van der Waals surface area (Å²) in [5.74, 6) is -1.45. The number of nitrogens with one attached hydrogen (secondary N) is 2. The lowest BCUT2D eigenvalue weighted by Gasteiger charge is -2.21. The van der Waals surface area contributed by atoms with Gasteiger partial charge in [0, 0.05) is 16.3 Å². The van der Waals surface area contributed by atoms with Crippen molar-refractivity contribution >= 4 is 29.1 Å². The van der Waals surface area contributed by atoms with Crippen molar-refractivity contribution in [3.63, 3.8) is 0 Å². The third-order valence-corrected chi connectivity index (χ3v) is 4.14. The van der Waals surface area contributed by atoms with E-state index in [1.165, 1.54) is 6.07 Å². The molecule has 0 saturated heterocycles. The minimum absolute atomic E-state index is 0.220. The van der Waals surface area contributed by atoms with Crippen LogP contribution in [0.4, 0.5) is 18.9 Å². The van der Waals surface area contributed by atoms with Gasteiger partial charge in [0.1, 0.15) is 0 Å². The van der Waals surface area contributed by atoms with Gasteiger partial charge in [-0.1, -0.05) is 32.4 Å². The van der Waals surface area contributed by atoms with Crippen LogP contribution >= 0.6 is 11.6 Å². The highest BCUT2D eigenvalue weighted by molar-refractivity contribution is 6.30. The number of alkyl halides is 3. The van der Waals surface area contributed by atoms with E-state index in [0.717, 1.165) is 12.1 Å². The van der Waals surface area contributed by atoms with Crippen molar-refractivity contribution in [3.8, 4) is 0 Å². The molecule has 0 bridgehead atoms. The summed E-state index contributed by atoms with van der Waals surface area (Å²) in [4.78, 5) is 28.9. The molecule has 0 unspecified atom stereocenters. The number of hydrogen-bond acceptors (Lipinski definition) is 3. The maximum absolute atomic E-state index is 13.2. The summed E-state index contributed by atoms with van der Waals surface area (Å²) in [6.45, 7) is 4.69. The Balaban J connectivity index is 2.02. The van der Waals surface area contributed by atoms with Gasteiger partial charge >= 0.3 is 6.18 Å². The number of amides is 2. The highest BCUT2D eigenvalue weighted by Gasteiger charge is 2.33. The first-order valence-corrected chi connectivity index (χ1v) is 8.94. The van der Waals surface area contributed by atoms with Crippen molar-refractivity contribution in [2.75, 3.05) is 11.9 Å². The van der Waals surface area contributed by atoms with Crippen LogP contribution in [0.5, 0.6) is 0 Å². The Bertz CT molecular complexity index is 859. The third-order valence-electron chi connectivity index (χ3n) is 3.88. The smallest absolute Gasteiger partial charge is 0.324 e. The maximum Gasteiger partial charge on any atom is 0.416 e. The molecule has 0 heterocycles. The lowest BCUT2D eigenvalue weighted by atomic mass is 9.85. The van der Waals surface area contributed by atoms with E-state index in [-0.39, 0.29) is 5.56 Å². The Labute approximate surface area is 171 Å². The van der Waals surface area contributed by atoms with Crippen molar-refractivity contribution < 1.29 is 27.6 Å². The van der Waals surface area contributed by atoms with Crippen LogP contribution in [0.1, 0.15) is 42.3 Å². The summed E-state index contributed by atoms with van der Waals surface area (Å²) in [6, 6.07) is 9.44. The fourth-order valence-corrected chi connectivity index (χ4v) is 2.44. The number of carbonyl (C=O) groups is 2. The molecule has 0 aliphatic heterocycles. The molecule has 0 radical (unpaired) electrons. The monoisotopic (exact) mass is 428 g/mol. The molecular formula is C20H20ClF3N2O3. The SMILES string of the molecule is CC(C)(C)c1cc(C(=O)NOCC(=O)Nc2ccc(Cl)cc2)cc(C(F)(F)F)c1. The van der Waals surface area contributed by atoms with E-state index in [2.05, 4.69) is 5.32 Å². The molecule has 2 N–H and O–H groups in total. The van der Waals surface area contributed by atoms with E-state index in [0.29, 0.717) is 16.3 Å². The molecule has 0 saturated carbocycles. The lowest BCUT2D eigenvalue weighted by Crippen LogP contribution is -2.29. The van der Waals surface area contributed by atoms with Crippen molar-refractivity contribution in [2.24, 2.45) is 0 Å². The van der Waals surface area contributed by atoms with Crippen LogP contribution in [-0.2, 0) is 21.2 Å². The molecule has 0 spiro atoms. The van der Waals surface area contributed by atoms with E-state index in [1.807, 2.05) is 5.48 Å². The molecule has 0 fully saturated rings. The molecule has 2 amide bonds. The Hall–Kier alpha value is -2.58. The first-order chi connectivity index (χ1) is 13.4. The second-order valence-electron chi connectivity index (χ2n) is 7.32. The largest absolute Gasteiger partial charge is 0.416 e. The zero-order valence-corrected chi connectivity index (χ0v) is 16.7. The van der Waals surface area contributed by atoms with Crippen LogP contribution in [0.15, 0.2) is 42.5 Å². The third kappa shape index (κ3) is 6.76. The number of anilines is 1. The van der Waals surface area contributed by atoms with Crippen molar-refractivity contribution in [3.05, 3.63) is 64.2 Å². The minimum atomic E-state index is -4.60. The molecule has 0 aromatic heterocycles. The molecule has 2 rings (SSSR count). The molecule has 2 aromatic carbocycles. The van der Waals surface area contributed by atoms with Gasteiger partial charge < -0.3 is 5.32 Å². The first-order valence-electron chi connectivity index (χ1n) is 8.56. The zero-order valence-electron chi connectivity index (χ0n) is 16.0. The lowest BCUT2D eigenvalue weighted by molar-refractivity contribution is -0.137. The average Bonchev–Trinajstić information content (AvgIpc) is 2.61. The number of hydroxylamine groups is 1. The predicted molar refractivity (Wildman–Crippen MR) is 104 cm³/mol. The van der Waals surface area contributed by atoms with Crippen molar-refractivity contribution in [1.29, 1.82) is 0 Å². The number of benzene rings is 2. The van der Waals surface area contributed by atoms with Crippen LogP contribution < -0.4 is 10.8 Å². The van der Waals surface area contributed by atoms with Gasteiger partial charge in [0.05, 0.1) is 5.56 Å². The normalized spacial score (nSPS) is 11.8.